The second-order valence-corrected chi connectivity index (χ2v) is 4.41. The number of carbonyl (C=O) groups is 1. The lowest BCUT2D eigenvalue weighted by Crippen LogP contribution is -2.04. The smallest absolute Gasteiger partial charge is 0.338 e. The van der Waals surface area contributed by atoms with Crippen LogP contribution in [0.25, 0.3) is 0 Å². The Morgan fingerprint density at radius 1 is 1.62 bits per heavy atom. The summed E-state index contributed by atoms with van der Waals surface area (Å²) >= 11 is 1.68. The predicted octanol–water partition coefficient (Wildman–Crippen LogP) is 3.52. The van der Waals surface area contributed by atoms with Gasteiger partial charge in [-0.25, -0.2) is 4.79 Å². The van der Waals surface area contributed by atoms with Gasteiger partial charge in [-0.2, -0.15) is 0 Å². The maximum Gasteiger partial charge on any atom is 0.338 e. The number of esters is 1. The van der Waals surface area contributed by atoms with Crippen LogP contribution in [0, 0.1) is 6.92 Å². The van der Waals surface area contributed by atoms with Crippen LogP contribution in [0.4, 0.5) is 0 Å². The van der Waals surface area contributed by atoms with E-state index in [9.17, 15) is 4.79 Å². The standard InChI is InChI=1S/C13H15O2S/c1-4-11(15-13(14)10(2)3)7-8-12-6-5-9-16-12/h5-7,9H,1-2,4,8H2,3H3. The van der Waals surface area contributed by atoms with Crippen LogP contribution < -0.4 is 0 Å². The number of thiophene rings is 1. The Kier molecular flexibility index (Phi) is 4.99. The molecule has 0 atom stereocenters. The first-order valence-corrected chi connectivity index (χ1v) is 5.89. The van der Waals surface area contributed by atoms with E-state index in [1.54, 1.807) is 18.3 Å². The maximum atomic E-state index is 11.3. The molecule has 3 heteroatoms. The van der Waals surface area contributed by atoms with Gasteiger partial charge >= 0.3 is 5.97 Å². The monoisotopic (exact) mass is 235 g/mol. The molecule has 0 fully saturated rings. The minimum Gasteiger partial charge on any atom is -0.428 e. The number of rotatable bonds is 5. The summed E-state index contributed by atoms with van der Waals surface area (Å²) in [5.41, 5.74) is 0.399. The Morgan fingerprint density at radius 3 is 2.88 bits per heavy atom. The molecule has 2 nitrogen and oxygen atoms in total. The van der Waals surface area contributed by atoms with E-state index in [0.29, 0.717) is 17.8 Å². The molecule has 0 aliphatic rings. The number of allylic oxidation sites excluding steroid dienone is 2. The summed E-state index contributed by atoms with van der Waals surface area (Å²) in [6, 6.07) is 4.04. The van der Waals surface area contributed by atoms with Gasteiger partial charge in [0.05, 0.1) is 0 Å². The fraction of sp³-hybridized carbons (Fsp3) is 0.231. The molecule has 0 aliphatic carbocycles. The van der Waals surface area contributed by atoms with Gasteiger partial charge in [-0.05, 0) is 31.4 Å². The van der Waals surface area contributed by atoms with Crippen molar-refractivity contribution in [2.45, 2.75) is 19.8 Å². The Balaban J connectivity index is 2.57. The van der Waals surface area contributed by atoms with Crippen molar-refractivity contribution in [2.75, 3.05) is 0 Å². The highest BCUT2D eigenvalue weighted by molar-refractivity contribution is 7.09. The van der Waals surface area contributed by atoms with Crippen LogP contribution in [0.15, 0.2) is 41.5 Å². The molecule has 0 saturated heterocycles. The molecule has 1 aromatic heterocycles. The molecule has 0 spiro atoms. The molecule has 1 aromatic rings. The third kappa shape index (κ3) is 4.03. The third-order valence-corrected chi connectivity index (χ3v) is 2.83. The van der Waals surface area contributed by atoms with Gasteiger partial charge in [-0.3, -0.25) is 0 Å². The Morgan fingerprint density at radius 2 is 2.38 bits per heavy atom. The maximum absolute atomic E-state index is 11.3. The van der Waals surface area contributed by atoms with Crippen molar-refractivity contribution >= 4 is 17.3 Å². The summed E-state index contributed by atoms with van der Waals surface area (Å²) in [7, 11) is 0. The second-order valence-electron chi connectivity index (χ2n) is 3.37. The molecular weight excluding hydrogens is 220 g/mol. The van der Waals surface area contributed by atoms with Gasteiger partial charge < -0.3 is 4.74 Å². The lowest BCUT2D eigenvalue weighted by atomic mass is 10.2. The van der Waals surface area contributed by atoms with Crippen molar-refractivity contribution in [1.29, 1.82) is 0 Å². The van der Waals surface area contributed by atoms with Crippen LogP contribution in [-0.4, -0.2) is 5.97 Å². The van der Waals surface area contributed by atoms with Gasteiger partial charge in [0, 0.05) is 23.3 Å². The molecule has 85 valence electrons. The van der Waals surface area contributed by atoms with Crippen LogP contribution in [0.2, 0.25) is 0 Å². The van der Waals surface area contributed by atoms with E-state index in [-0.39, 0.29) is 5.97 Å². The summed E-state index contributed by atoms with van der Waals surface area (Å²) in [5, 5.41) is 2.02. The molecule has 0 unspecified atom stereocenters. The van der Waals surface area contributed by atoms with Gasteiger partial charge in [0.15, 0.2) is 0 Å². The Hall–Kier alpha value is -1.35. The van der Waals surface area contributed by atoms with Gasteiger partial charge in [0.1, 0.15) is 5.76 Å². The highest BCUT2D eigenvalue weighted by Crippen LogP contribution is 2.13. The Bertz CT molecular complexity index is 388. The van der Waals surface area contributed by atoms with Crippen molar-refractivity contribution in [3.05, 3.63) is 53.3 Å². The zero-order valence-corrected chi connectivity index (χ0v) is 10.2. The van der Waals surface area contributed by atoms with E-state index in [1.165, 1.54) is 4.88 Å². The van der Waals surface area contributed by atoms with Gasteiger partial charge in [0.2, 0.25) is 0 Å². The molecule has 1 rings (SSSR count). The van der Waals surface area contributed by atoms with E-state index >= 15 is 0 Å². The first-order chi connectivity index (χ1) is 7.63. The minimum absolute atomic E-state index is 0.388. The normalized spacial score (nSPS) is 11.2. The topological polar surface area (TPSA) is 26.3 Å². The lowest BCUT2D eigenvalue weighted by molar-refractivity contribution is -0.135. The third-order valence-electron chi connectivity index (χ3n) is 1.93. The van der Waals surface area contributed by atoms with Crippen LogP contribution in [0.3, 0.4) is 0 Å². The van der Waals surface area contributed by atoms with Crippen molar-refractivity contribution in [3.8, 4) is 0 Å². The van der Waals surface area contributed by atoms with Gasteiger partial charge in [-0.15, -0.1) is 11.3 Å². The molecule has 0 aliphatic heterocycles. The number of hydrogen-bond donors (Lipinski definition) is 0. The van der Waals surface area contributed by atoms with Crippen molar-refractivity contribution < 1.29 is 9.53 Å². The highest BCUT2D eigenvalue weighted by Gasteiger charge is 2.06. The minimum atomic E-state index is -0.388. The fourth-order valence-electron chi connectivity index (χ4n) is 1.04. The van der Waals surface area contributed by atoms with Crippen molar-refractivity contribution in [2.24, 2.45) is 0 Å². The first kappa shape index (κ1) is 12.7. The van der Waals surface area contributed by atoms with E-state index in [0.717, 1.165) is 6.42 Å². The molecule has 16 heavy (non-hydrogen) atoms. The molecule has 1 radical (unpaired) electrons. The van der Waals surface area contributed by atoms with Gasteiger partial charge in [-0.1, -0.05) is 12.6 Å². The van der Waals surface area contributed by atoms with Crippen LogP contribution in [0.5, 0.6) is 0 Å². The number of hydrogen-bond acceptors (Lipinski definition) is 3. The predicted molar refractivity (Wildman–Crippen MR) is 67.0 cm³/mol. The molecule has 0 aromatic carbocycles. The summed E-state index contributed by atoms with van der Waals surface area (Å²) in [5.74, 6) is 0.211. The highest BCUT2D eigenvalue weighted by atomic mass is 32.1. The molecular formula is C13H15O2S. The largest absolute Gasteiger partial charge is 0.428 e. The van der Waals surface area contributed by atoms with Crippen molar-refractivity contribution in [1.82, 2.24) is 0 Å². The molecule has 0 saturated carbocycles. The summed E-state index contributed by atoms with van der Waals surface area (Å²) < 4.78 is 5.12. The van der Waals surface area contributed by atoms with Crippen molar-refractivity contribution in [3.63, 3.8) is 0 Å². The summed E-state index contributed by atoms with van der Waals surface area (Å²) in [6.07, 6.45) is 3.12. The average molecular weight is 235 g/mol. The summed E-state index contributed by atoms with van der Waals surface area (Å²) in [6.45, 7) is 8.89. The quantitative estimate of drug-likeness (QED) is 0.443. The number of ether oxygens (including phenoxy) is 1. The van der Waals surface area contributed by atoms with E-state index in [1.807, 2.05) is 23.6 Å². The fourth-order valence-corrected chi connectivity index (χ4v) is 1.71. The molecule has 0 N–H and O–H groups in total. The number of carbonyl (C=O) groups excluding carboxylic acids is 1. The van der Waals surface area contributed by atoms with E-state index in [4.69, 9.17) is 4.74 Å². The molecule has 0 amide bonds. The van der Waals surface area contributed by atoms with E-state index in [2.05, 4.69) is 13.5 Å². The summed E-state index contributed by atoms with van der Waals surface area (Å²) in [4.78, 5) is 12.5. The van der Waals surface area contributed by atoms with Crippen LogP contribution >= 0.6 is 11.3 Å². The SMILES string of the molecule is [CH2]CC(=CCc1cccs1)OC(=O)C(=C)C. The van der Waals surface area contributed by atoms with Crippen LogP contribution in [0.1, 0.15) is 18.2 Å². The first-order valence-electron chi connectivity index (χ1n) is 5.02. The molecule has 1 heterocycles. The second kappa shape index (κ2) is 6.28. The lowest BCUT2D eigenvalue weighted by Gasteiger charge is -2.05. The molecule has 0 bridgehead atoms. The Labute approximate surface area is 100 Å². The zero-order valence-electron chi connectivity index (χ0n) is 9.36. The van der Waals surface area contributed by atoms with Gasteiger partial charge in [0.25, 0.3) is 0 Å². The van der Waals surface area contributed by atoms with Crippen LogP contribution in [-0.2, 0) is 16.0 Å². The average Bonchev–Trinajstić information content (AvgIpc) is 2.76. The van der Waals surface area contributed by atoms with E-state index < -0.39 is 0 Å². The zero-order chi connectivity index (χ0) is 12.0.